The van der Waals surface area contributed by atoms with Crippen LogP contribution in [0, 0.1) is 0 Å². The number of ether oxygens (including phenoxy) is 3. The number of sulfonamides is 1. The maximum absolute atomic E-state index is 13.6. The zero-order valence-electron chi connectivity index (χ0n) is 21.0. The number of methoxy groups -OCH3 is 2. The molecule has 0 N–H and O–H groups in total. The van der Waals surface area contributed by atoms with Gasteiger partial charge in [0.2, 0.25) is 5.13 Å². The van der Waals surface area contributed by atoms with E-state index in [1.165, 1.54) is 20.5 Å². The Morgan fingerprint density at radius 3 is 1.93 bits per heavy atom. The molecule has 0 aliphatic rings. The topological polar surface area (TPSA) is 90.9 Å². The fourth-order valence-electron chi connectivity index (χ4n) is 3.60. The lowest BCUT2D eigenvalue weighted by molar-refractivity contribution is -0.143. The SMILES string of the molecule is COc1ccc(CN(c2ncns2)S(=O)(=O)c2ccc(Oc3cc(C(F)(F)F)cc(C(F)(F)F)c3)cc2)c(OC)c1. The van der Waals surface area contributed by atoms with Crippen molar-refractivity contribution in [1.82, 2.24) is 9.36 Å². The van der Waals surface area contributed by atoms with Crippen LogP contribution in [0.1, 0.15) is 16.7 Å². The van der Waals surface area contributed by atoms with E-state index in [9.17, 15) is 34.8 Å². The van der Waals surface area contributed by atoms with E-state index in [4.69, 9.17) is 14.2 Å². The van der Waals surface area contributed by atoms with E-state index in [-0.39, 0.29) is 28.4 Å². The Hall–Kier alpha value is -4.05. The van der Waals surface area contributed by atoms with E-state index < -0.39 is 39.3 Å². The summed E-state index contributed by atoms with van der Waals surface area (Å²) in [5.41, 5.74) is -2.64. The number of aromatic nitrogens is 2. The quantitative estimate of drug-likeness (QED) is 0.191. The Morgan fingerprint density at radius 1 is 0.805 bits per heavy atom. The van der Waals surface area contributed by atoms with E-state index >= 15 is 0 Å². The van der Waals surface area contributed by atoms with Crippen LogP contribution in [0.2, 0.25) is 0 Å². The summed E-state index contributed by atoms with van der Waals surface area (Å²) >= 11 is 0.816. The molecule has 0 bridgehead atoms. The molecule has 1 heterocycles. The first-order valence-electron chi connectivity index (χ1n) is 11.3. The largest absolute Gasteiger partial charge is 0.497 e. The number of rotatable bonds is 9. The summed E-state index contributed by atoms with van der Waals surface area (Å²) in [5, 5.41) is 0.0341. The van der Waals surface area contributed by atoms with Crippen LogP contribution in [0.5, 0.6) is 23.0 Å². The van der Waals surface area contributed by atoms with Gasteiger partial charge in [0.1, 0.15) is 29.3 Å². The number of benzene rings is 3. The third kappa shape index (κ3) is 6.82. The predicted octanol–water partition coefficient (Wildman–Crippen LogP) is 6.78. The van der Waals surface area contributed by atoms with E-state index in [2.05, 4.69) is 9.36 Å². The molecule has 0 aliphatic carbocycles. The third-order valence-electron chi connectivity index (χ3n) is 5.58. The Morgan fingerprint density at radius 2 is 1.41 bits per heavy atom. The molecular weight excluding hydrogens is 600 g/mol. The minimum Gasteiger partial charge on any atom is -0.497 e. The van der Waals surface area contributed by atoms with E-state index in [1.54, 1.807) is 18.2 Å². The molecular formula is C25H19F6N3O5S2. The van der Waals surface area contributed by atoms with Gasteiger partial charge in [-0.2, -0.15) is 30.7 Å². The summed E-state index contributed by atoms with van der Waals surface area (Å²) in [6.45, 7) is -0.215. The Bertz CT molecular complexity index is 1580. The van der Waals surface area contributed by atoms with Crippen LogP contribution in [0.3, 0.4) is 0 Å². The molecule has 1 aromatic heterocycles. The molecule has 41 heavy (non-hydrogen) atoms. The van der Waals surface area contributed by atoms with Crippen molar-refractivity contribution in [3.05, 3.63) is 83.7 Å². The van der Waals surface area contributed by atoms with E-state index in [0.717, 1.165) is 40.1 Å². The molecule has 0 saturated carbocycles. The fourth-order valence-corrected chi connectivity index (χ4v) is 5.73. The number of halogens is 6. The normalized spacial score (nSPS) is 12.2. The van der Waals surface area contributed by atoms with E-state index in [0.29, 0.717) is 29.2 Å². The summed E-state index contributed by atoms with van der Waals surface area (Å²) < 4.78 is 127. The number of nitrogens with zero attached hydrogens (tertiary/aromatic N) is 3. The van der Waals surface area contributed by atoms with Crippen molar-refractivity contribution in [2.75, 3.05) is 18.5 Å². The zero-order chi connectivity index (χ0) is 30.0. The van der Waals surface area contributed by atoms with Gasteiger partial charge < -0.3 is 14.2 Å². The van der Waals surface area contributed by atoms with Crippen molar-refractivity contribution >= 4 is 26.7 Å². The minimum atomic E-state index is -5.06. The molecule has 0 amide bonds. The van der Waals surface area contributed by atoms with Crippen LogP contribution >= 0.6 is 11.5 Å². The van der Waals surface area contributed by atoms with E-state index in [1.807, 2.05) is 0 Å². The maximum atomic E-state index is 13.6. The molecule has 0 aliphatic heterocycles. The molecule has 8 nitrogen and oxygen atoms in total. The van der Waals surface area contributed by atoms with Crippen LogP contribution in [0.15, 0.2) is 71.9 Å². The summed E-state index contributed by atoms with van der Waals surface area (Å²) in [7, 11) is -1.44. The van der Waals surface area contributed by atoms with Crippen LogP contribution < -0.4 is 18.5 Å². The Kier molecular flexibility index (Phi) is 8.35. The van der Waals surface area contributed by atoms with Gasteiger partial charge in [0.05, 0.1) is 36.8 Å². The van der Waals surface area contributed by atoms with Crippen LogP contribution in [-0.4, -0.2) is 32.0 Å². The molecule has 0 unspecified atom stereocenters. The van der Waals surface area contributed by atoms with Crippen LogP contribution in [-0.2, 0) is 28.9 Å². The molecule has 0 atom stereocenters. The second-order valence-electron chi connectivity index (χ2n) is 8.23. The first-order chi connectivity index (χ1) is 19.2. The van der Waals surface area contributed by atoms with Crippen LogP contribution in [0.4, 0.5) is 31.5 Å². The standard InChI is InChI=1S/C25H19F6N3O5S2/c1-37-19-4-3-15(22(12-19)38-2)13-34(23-32-14-33-40-23)41(35,36)21-7-5-18(6-8-21)39-20-10-16(24(26,27)28)9-17(11-20)25(29,30)31/h3-12,14H,13H2,1-2H3. The molecule has 16 heteroatoms. The third-order valence-corrected chi connectivity index (χ3v) is 8.13. The van der Waals surface area contributed by atoms with Crippen molar-refractivity contribution in [2.24, 2.45) is 0 Å². The lowest BCUT2D eigenvalue weighted by Crippen LogP contribution is -2.30. The van der Waals surface area contributed by atoms with Gasteiger partial charge in [-0.15, -0.1) is 0 Å². The number of hydrogen-bond donors (Lipinski definition) is 0. The zero-order valence-corrected chi connectivity index (χ0v) is 22.7. The summed E-state index contributed by atoms with van der Waals surface area (Å²) in [4.78, 5) is 3.75. The van der Waals surface area contributed by atoms with Gasteiger partial charge in [0.15, 0.2) is 0 Å². The highest BCUT2D eigenvalue weighted by Gasteiger charge is 2.37. The average Bonchev–Trinajstić information content (AvgIpc) is 3.45. The summed E-state index contributed by atoms with van der Waals surface area (Å²) in [6, 6.07) is 10.0. The maximum Gasteiger partial charge on any atom is 0.416 e. The minimum absolute atomic E-state index is 0.0254. The fraction of sp³-hybridized carbons (Fsp3) is 0.200. The van der Waals surface area contributed by atoms with Gasteiger partial charge in [-0.3, -0.25) is 0 Å². The molecule has 3 aromatic carbocycles. The Labute approximate surface area is 234 Å². The predicted molar refractivity (Wildman–Crippen MR) is 136 cm³/mol. The van der Waals surface area contributed by atoms with Crippen molar-refractivity contribution in [2.45, 2.75) is 23.8 Å². The molecule has 0 radical (unpaired) electrons. The van der Waals surface area contributed by atoms with Gasteiger partial charge in [0, 0.05) is 23.2 Å². The highest BCUT2D eigenvalue weighted by atomic mass is 32.2. The van der Waals surface area contributed by atoms with Crippen molar-refractivity contribution in [3.8, 4) is 23.0 Å². The van der Waals surface area contributed by atoms with Crippen molar-refractivity contribution < 1.29 is 49.0 Å². The van der Waals surface area contributed by atoms with Crippen LogP contribution in [0.25, 0.3) is 0 Å². The van der Waals surface area contributed by atoms with Gasteiger partial charge in [-0.1, -0.05) is 0 Å². The number of alkyl halides is 6. The lowest BCUT2D eigenvalue weighted by Gasteiger charge is -2.23. The average molecular weight is 620 g/mol. The molecule has 4 rings (SSSR count). The van der Waals surface area contributed by atoms with Gasteiger partial charge in [-0.25, -0.2) is 17.7 Å². The smallest absolute Gasteiger partial charge is 0.416 e. The lowest BCUT2D eigenvalue weighted by atomic mass is 10.1. The van der Waals surface area contributed by atoms with Gasteiger partial charge in [-0.05, 0) is 54.6 Å². The molecule has 218 valence electrons. The van der Waals surface area contributed by atoms with Crippen molar-refractivity contribution in [3.63, 3.8) is 0 Å². The summed E-state index contributed by atoms with van der Waals surface area (Å²) in [6.07, 6.45) is -8.94. The molecule has 0 spiro atoms. The number of hydrogen-bond acceptors (Lipinski definition) is 8. The van der Waals surface area contributed by atoms with Crippen molar-refractivity contribution in [1.29, 1.82) is 0 Å². The highest BCUT2D eigenvalue weighted by molar-refractivity contribution is 7.93. The molecule has 0 saturated heterocycles. The molecule has 0 fully saturated rings. The van der Waals surface area contributed by atoms with Gasteiger partial charge >= 0.3 is 12.4 Å². The molecule has 4 aromatic rings. The Balaban J connectivity index is 1.65. The second kappa shape index (κ2) is 11.4. The number of anilines is 1. The monoisotopic (exact) mass is 619 g/mol. The van der Waals surface area contributed by atoms with Gasteiger partial charge in [0.25, 0.3) is 10.0 Å². The highest BCUT2D eigenvalue weighted by Crippen LogP contribution is 2.39. The second-order valence-corrected chi connectivity index (χ2v) is 10.8. The summed E-state index contributed by atoms with van der Waals surface area (Å²) in [5.74, 6) is -0.104. The first-order valence-corrected chi connectivity index (χ1v) is 13.5. The first kappa shape index (κ1) is 29.9.